The maximum absolute atomic E-state index is 11.1. The molecule has 8 heteroatoms. The molecule has 0 radical (unpaired) electrons. The Kier molecular flexibility index (Phi) is 5.78. The maximum atomic E-state index is 11.1. The van der Waals surface area contributed by atoms with Crippen LogP contribution in [0.15, 0.2) is 47.0 Å². The van der Waals surface area contributed by atoms with E-state index in [4.69, 9.17) is 32.5 Å². The summed E-state index contributed by atoms with van der Waals surface area (Å²) in [4.78, 5) is 10.6. The molecular weight excluding hydrogens is 391 g/mol. The fourth-order valence-electron chi connectivity index (χ4n) is 2.42. The van der Waals surface area contributed by atoms with Gasteiger partial charge in [-0.2, -0.15) is 0 Å². The van der Waals surface area contributed by atoms with E-state index in [0.717, 1.165) is 11.1 Å². The monoisotopic (exact) mass is 404 g/mol. The van der Waals surface area contributed by atoms with Crippen LogP contribution < -0.4 is 4.74 Å². The molecule has 0 saturated carbocycles. The van der Waals surface area contributed by atoms with Crippen LogP contribution in [0.5, 0.6) is 5.75 Å². The van der Waals surface area contributed by atoms with Crippen molar-refractivity contribution < 1.29 is 14.2 Å². The van der Waals surface area contributed by atoms with Crippen molar-refractivity contribution in [2.45, 2.75) is 13.5 Å². The molecule has 0 spiro atoms. The molecular formula is C19H14Cl2N2O4. The Labute approximate surface area is 165 Å². The highest BCUT2D eigenvalue weighted by atomic mass is 35.5. The van der Waals surface area contributed by atoms with Crippen LogP contribution >= 0.6 is 23.2 Å². The molecule has 0 fully saturated rings. The van der Waals surface area contributed by atoms with Gasteiger partial charge in [-0.15, -0.1) is 0 Å². The van der Waals surface area contributed by atoms with Gasteiger partial charge in [-0.1, -0.05) is 52.6 Å². The standard InChI is InChI=1S/C19H14Cl2N2O4/c1-12-19(23(24)25)18(27-22-12)9-7-13-4-2-3-5-17(13)26-11-14-6-8-15(20)10-16(14)21/h2-10H,11H2,1H3. The van der Waals surface area contributed by atoms with Gasteiger partial charge >= 0.3 is 5.69 Å². The van der Waals surface area contributed by atoms with Crippen LogP contribution in [0.1, 0.15) is 22.6 Å². The third-order valence-corrected chi connectivity index (χ3v) is 4.36. The Hall–Kier alpha value is -2.83. The minimum atomic E-state index is -0.517. The fourth-order valence-corrected chi connectivity index (χ4v) is 2.89. The van der Waals surface area contributed by atoms with E-state index in [0.29, 0.717) is 15.8 Å². The summed E-state index contributed by atoms with van der Waals surface area (Å²) in [5.41, 5.74) is 1.59. The second-order valence-electron chi connectivity index (χ2n) is 5.63. The van der Waals surface area contributed by atoms with Gasteiger partial charge < -0.3 is 9.26 Å². The van der Waals surface area contributed by atoms with Crippen LogP contribution in [0.2, 0.25) is 10.0 Å². The molecule has 1 aromatic heterocycles. The molecule has 0 atom stereocenters. The van der Waals surface area contributed by atoms with Crippen molar-refractivity contribution in [2.24, 2.45) is 0 Å². The lowest BCUT2D eigenvalue weighted by atomic mass is 10.1. The summed E-state index contributed by atoms with van der Waals surface area (Å²) in [6.45, 7) is 1.77. The first-order valence-corrected chi connectivity index (χ1v) is 8.66. The lowest BCUT2D eigenvalue weighted by Crippen LogP contribution is -1.97. The second-order valence-corrected chi connectivity index (χ2v) is 6.48. The Bertz CT molecular complexity index is 1010. The number of hydrogen-bond acceptors (Lipinski definition) is 5. The fraction of sp³-hybridized carbons (Fsp3) is 0.105. The number of aromatic nitrogens is 1. The first-order valence-electron chi connectivity index (χ1n) is 7.90. The Morgan fingerprint density at radius 2 is 2.00 bits per heavy atom. The predicted molar refractivity (Wildman–Crippen MR) is 104 cm³/mol. The van der Waals surface area contributed by atoms with Crippen molar-refractivity contribution in [3.63, 3.8) is 0 Å². The van der Waals surface area contributed by atoms with Gasteiger partial charge in [0.2, 0.25) is 5.76 Å². The normalized spacial score (nSPS) is 11.1. The van der Waals surface area contributed by atoms with Crippen molar-refractivity contribution >= 4 is 41.0 Å². The summed E-state index contributed by atoms with van der Waals surface area (Å²) >= 11 is 12.1. The third-order valence-electron chi connectivity index (χ3n) is 3.77. The van der Waals surface area contributed by atoms with E-state index < -0.39 is 4.92 Å². The summed E-state index contributed by atoms with van der Waals surface area (Å²) in [5, 5.41) is 15.8. The Balaban J connectivity index is 1.81. The number of benzene rings is 2. The van der Waals surface area contributed by atoms with E-state index in [1.165, 1.54) is 13.0 Å². The van der Waals surface area contributed by atoms with Crippen LogP contribution in [0, 0.1) is 17.0 Å². The van der Waals surface area contributed by atoms with Gasteiger partial charge in [-0.3, -0.25) is 10.1 Å². The predicted octanol–water partition coefficient (Wildman–Crippen LogP) is 5.95. The van der Waals surface area contributed by atoms with Crippen LogP contribution in [0.25, 0.3) is 12.2 Å². The third kappa shape index (κ3) is 4.48. The quantitative estimate of drug-likeness (QED) is 0.374. The van der Waals surface area contributed by atoms with Gasteiger partial charge in [0.15, 0.2) is 5.69 Å². The van der Waals surface area contributed by atoms with E-state index in [1.807, 2.05) is 18.2 Å². The zero-order chi connectivity index (χ0) is 19.4. The number of para-hydroxylation sites is 1. The van der Waals surface area contributed by atoms with Crippen LogP contribution in [-0.4, -0.2) is 10.1 Å². The van der Waals surface area contributed by atoms with Gasteiger partial charge in [-0.05, 0) is 37.3 Å². The van der Waals surface area contributed by atoms with Crippen molar-refractivity contribution in [2.75, 3.05) is 0 Å². The molecule has 0 aliphatic rings. The van der Waals surface area contributed by atoms with Crippen LogP contribution in [0.4, 0.5) is 5.69 Å². The minimum absolute atomic E-state index is 0.0769. The van der Waals surface area contributed by atoms with Crippen molar-refractivity contribution in [3.8, 4) is 5.75 Å². The smallest absolute Gasteiger partial charge is 0.338 e. The lowest BCUT2D eigenvalue weighted by molar-refractivity contribution is -0.386. The summed E-state index contributed by atoms with van der Waals surface area (Å²) < 4.78 is 10.9. The number of ether oxygens (including phenoxy) is 1. The van der Waals surface area contributed by atoms with E-state index in [2.05, 4.69) is 5.16 Å². The summed E-state index contributed by atoms with van der Waals surface area (Å²) in [6, 6.07) is 12.5. The molecule has 0 bridgehead atoms. The van der Waals surface area contributed by atoms with Gasteiger partial charge in [0, 0.05) is 21.2 Å². The number of nitro groups is 1. The molecule has 1 heterocycles. The first kappa shape index (κ1) is 18.9. The highest BCUT2D eigenvalue weighted by Gasteiger charge is 2.22. The van der Waals surface area contributed by atoms with Crippen LogP contribution in [-0.2, 0) is 6.61 Å². The molecule has 6 nitrogen and oxygen atoms in total. The van der Waals surface area contributed by atoms with E-state index in [1.54, 1.807) is 30.3 Å². The molecule has 0 unspecified atom stereocenters. The van der Waals surface area contributed by atoms with Crippen molar-refractivity contribution in [3.05, 3.63) is 85.2 Å². The summed E-state index contributed by atoms with van der Waals surface area (Å²) in [6.07, 6.45) is 3.17. The first-order chi connectivity index (χ1) is 13.0. The average Bonchev–Trinajstić information content (AvgIpc) is 3.01. The Morgan fingerprint density at radius 3 is 2.74 bits per heavy atom. The Morgan fingerprint density at radius 1 is 1.22 bits per heavy atom. The molecule has 3 aromatic rings. The lowest BCUT2D eigenvalue weighted by Gasteiger charge is -2.10. The maximum Gasteiger partial charge on any atom is 0.338 e. The number of aryl methyl sites for hydroxylation is 1. The van der Waals surface area contributed by atoms with Gasteiger partial charge in [0.1, 0.15) is 12.4 Å². The topological polar surface area (TPSA) is 78.4 Å². The molecule has 27 heavy (non-hydrogen) atoms. The van der Waals surface area contributed by atoms with E-state index >= 15 is 0 Å². The molecule has 0 amide bonds. The average molecular weight is 405 g/mol. The summed E-state index contributed by atoms with van der Waals surface area (Å²) in [5.74, 6) is 0.673. The highest BCUT2D eigenvalue weighted by molar-refractivity contribution is 6.35. The number of halogens is 2. The van der Waals surface area contributed by atoms with Crippen molar-refractivity contribution in [1.82, 2.24) is 5.16 Å². The zero-order valence-corrected chi connectivity index (χ0v) is 15.7. The minimum Gasteiger partial charge on any atom is -0.488 e. The highest BCUT2D eigenvalue weighted by Crippen LogP contribution is 2.28. The molecule has 0 saturated heterocycles. The number of rotatable bonds is 6. The number of hydrogen-bond donors (Lipinski definition) is 0. The number of nitrogens with zero attached hydrogens (tertiary/aromatic N) is 2. The zero-order valence-electron chi connectivity index (χ0n) is 14.2. The molecule has 0 N–H and O–H groups in total. The summed E-state index contributed by atoms with van der Waals surface area (Å²) in [7, 11) is 0. The van der Waals surface area contributed by atoms with Crippen LogP contribution in [0.3, 0.4) is 0 Å². The van der Waals surface area contributed by atoms with Gasteiger partial charge in [-0.25, -0.2) is 0 Å². The molecule has 0 aliphatic carbocycles. The van der Waals surface area contributed by atoms with E-state index in [9.17, 15) is 10.1 Å². The molecule has 138 valence electrons. The van der Waals surface area contributed by atoms with E-state index in [-0.39, 0.29) is 23.7 Å². The van der Waals surface area contributed by atoms with Crippen molar-refractivity contribution in [1.29, 1.82) is 0 Å². The molecule has 3 rings (SSSR count). The van der Waals surface area contributed by atoms with Gasteiger partial charge in [0.25, 0.3) is 0 Å². The second kappa shape index (κ2) is 8.24. The van der Waals surface area contributed by atoms with Gasteiger partial charge in [0.05, 0.1) is 4.92 Å². The largest absolute Gasteiger partial charge is 0.488 e. The SMILES string of the molecule is Cc1noc(C=Cc2ccccc2OCc2ccc(Cl)cc2Cl)c1[N+](=O)[O-]. The molecule has 2 aromatic carbocycles. The molecule has 0 aliphatic heterocycles.